The first-order chi connectivity index (χ1) is 9.65. The third-order valence-electron chi connectivity index (χ3n) is 3.42. The second-order valence-corrected chi connectivity index (χ2v) is 5.27. The summed E-state index contributed by atoms with van der Waals surface area (Å²) in [5, 5.41) is 0. The van der Waals surface area contributed by atoms with Gasteiger partial charge in [-0.2, -0.15) is 0 Å². The molecule has 2 N–H and O–H groups in total. The highest BCUT2D eigenvalue weighted by molar-refractivity contribution is 5.75. The molecule has 1 aromatic carbocycles. The summed E-state index contributed by atoms with van der Waals surface area (Å²) >= 11 is 0. The Bertz CT molecular complexity index is 726. The average Bonchev–Trinajstić information content (AvgIpc) is 2.79. The van der Waals surface area contributed by atoms with Crippen LogP contribution in [0.15, 0.2) is 42.7 Å². The van der Waals surface area contributed by atoms with Crippen LogP contribution in [0.3, 0.4) is 0 Å². The molecule has 0 atom stereocenters. The average molecular weight is 266 g/mol. The van der Waals surface area contributed by atoms with Crippen molar-refractivity contribution in [2.45, 2.75) is 26.3 Å². The van der Waals surface area contributed by atoms with Gasteiger partial charge < -0.3 is 10.3 Å². The van der Waals surface area contributed by atoms with Crippen LogP contribution < -0.4 is 5.73 Å². The van der Waals surface area contributed by atoms with Crippen LogP contribution in [0.2, 0.25) is 0 Å². The van der Waals surface area contributed by atoms with Crippen LogP contribution in [0.4, 0.5) is 5.69 Å². The second kappa shape index (κ2) is 4.96. The van der Waals surface area contributed by atoms with Crippen molar-refractivity contribution >= 4 is 16.7 Å². The molecule has 0 saturated heterocycles. The van der Waals surface area contributed by atoms with Gasteiger partial charge >= 0.3 is 0 Å². The maximum atomic E-state index is 5.73. The molecule has 102 valence electrons. The zero-order chi connectivity index (χ0) is 14.1. The van der Waals surface area contributed by atoms with Gasteiger partial charge in [0.05, 0.1) is 11.7 Å². The Labute approximate surface area is 118 Å². The van der Waals surface area contributed by atoms with E-state index in [2.05, 4.69) is 35.5 Å². The smallest absolute Gasteiger partial charge is 0.114 e. The number of rotatable bonds is 3. The van der Waals surface area contributed by atoms with E-state index in [0.717, 1.165) is 29.0 Å². The molecule has 4 nitrogen and oxygen atoms in total. The van der Waals surface area contributed by atoms with Gasteiger partial charge in [-0.3, -0.25) is 4.98 Å². The summed E-state index contributed by atoms with van der Waals surface area (Å²) in [4.78, 5) is 8.87. The van der Waals surface area contributed by atoms with Crippen molar-refractivity contribution in [3.8, 4) is 0 Å². The Morgan fingerprint density at radius 2 is 1.90 bits per heavy atom. The Morgan fingerprint density at radius 3 is 2.60 bits per heavy atom. The third-order valence-corrected chi connectivity index (χ3v) is 3.42. The van der Waals surface area contributed by atoms with Gasteiger partial charge in [0.15, 0.2) is 0 Å². The van der Waals surface area contributed by atoms with Crippen molar-refractivity contribution in [3.05, 3.63) is 54.1 Å². The Hall–Kier alpha value is -2.36. The van der Waals surface area contributed by atoms with Crippen molar-refractivity contribution in [1.29, 1.82) is 0 Å². The van der Waals surface area contributed by atoms with Crippen LogP contribution in [0.25, 0.3) is 11.0 Å². The van der Waals surface area contributed by atoms with Gasteiger partial charge in [-0.15, -0.1) is 0 Å². The number of fused-ring (bicyclic) bond motifs is 1. The van der Waals surface area contributed by atoms with Crippen molar-refractivity contribution in [2.75, 3.05) is 5.73 Å². The fourth-order valence-corrected chi connectivity index (χ4v) is 2.52. The van der Waals surface area contributed by atoms with Crippen LogP contribution in [0.5, 0.6) is 0 Å². The largest absolute Gasteiger partial charge is 0.399 e. The molecule has 0 aliphatic carbocycles. The lowest BCUT2D eigenvalue weighted by atomic mass is 10.1. The van der Waals surface area contributed by atoms with E-state index in [0.29, 0.717) is 6.04 Å². The highest BCUT2D eigenvalue weighted by Gasteiger charge is 2.13. The van der Waals surface area contributed by atoms with Gasteiger partial charge in [-0.25, -0.2) is 4.98 Å². The predicted octanol–water partition coefficient (Wildman–Crippen LogP) is 3.19. The summed E-state index contributed by atoms with van der Waals surface area (Å²) in [7, 11) is 0. The van der Waals surface area contributed by atoms with Crippen LogP contribution in [0, 0.1) is 0 Å². The maximum Gasteiger partial charge on any atom is 0.114 e. The van der Waals surface area contributed by atoms with Gasteiger partial charge in [0.2, 0.25) is 0 Å². The van der Waals surface area contributed by atoms with E-state index in [1.807, 2.05) is 30.6 Å². The number of nitrogens with two attached hydrogens (primary N) is 1. The standard InChI is InChI=1S/C16H18N4/c1-11(2)20-15-7-8-18-10-14(15)19-16(20)9-12-3-5-13(17)6-4-12/h3-8,10-11H,9,17H2,1-2H3. The van der Waals surface area contributed by atoms with Crippen LogP contribution in [-0.2, 0) is 6.42 Å². The molecule has 0 fully saturated rings. The Balaban J connectivity index is 2.06. The molecule has 0 aliphatic rings. The summed E-state index contributed by atoms with van der Waals surface area (Å²) in [6, 6.07) is 10.4. The number of imidazole rings is 1. The molecule has 2 heterocycles. The van der Waals surface area contributed by atoms with E-state index in [4.69, 9.17) is 10.7 Å². The molecule has 0 amide bonds. The number of anilines is 1. The van der Waals surface area contributed by atoms with Crippen molar-refractivity contribution < 1.29 is 0 Å². The number of benzene rings is 1. The zero-order valence-corrected chi connectivity index (χ0v) is 11.7. The predicted molar refractivity (Wildman–Crippen MR) is 81.6 cm³/mol. The first-order valence-corrected chi connectivity index (χ1v) is 6.80. The number of aromatic nitrogens is 3. The third kappa shape index (κ3) is 2.25. The molecule has 0 spiro atoms. The van der Waals surface area contributed by atoms with Gasteiger partial charge in [0, 0.05) is 24.3 Å². The van der Waals surface area contributed by atoms with E-state index in [1.165, 1.54) is 5.56 Å². The van der Waals surface area contributed by atoms with Crippen molar-refractivity contribution in [3.63, 3.8) is 0 Å². The van der Waals surface area contributed by atoms with Crippen LogP contribution >= 0.6 is 0 Å². The van der Waals surface area contributed by atoms with E-state index in [-0.39, 0.29) is 0 Å². The van der Waals surface area contributed by atoms with Crippen LogP contribution in [0.1, 0.15) is 31.3 Å². The van der Waals surface area contributed by atoms with E-state index in [9.17, 15) is 0 Å². The van der Waals surface area contributed by atoms with Gasteiger partial charge in [-0.1, -0.05) is 12.1 Å². The number of hydrogen-bond acceptors (Lipinski definition) is 3. The number of hydrogen-bond donors (Lipinski definition) is 1. The van der Waals surface area contributed by atoms with Crippen molar-refractivity contribution in [2.24, 2.45) is 0 Å². The summed E-state index contributed by atoms with van der Waals surface area (Å²) in [5.41, 5.74) is 9.82. The quantitative estimate of drug-likeness (QED) is 0.741. The summed E-state index contributed by atoms with van der Waals surface area (Å²) in [6.07, 6.45) is 4.43. The number of nitrogens with zero attached hydrogens (tertiary/aromatic N) is 3. The Morgan fingerprint density at radius 1 is 1.15 bits per heavy atom. The van der Waals surface area contributed by atoms with Gasteiger partial charge in [0.1, 0.15) is 11.3 Å². The topological polar surface area (TPSA) is 56.7 Å². The minimum Gasteiger partial charge on any atom is -0.399 e. The maximum absolute atomic E-state index is 5.73. The molecule has 0 unspecified atom stereocenters. The SMILES string of the molecule is CC(C)n1c(Cc2ccc(N)cc2)nc2cnccc21. The molecule has 4 heteroatoms. The summed E-state index contributed by atoms with van der Waals surface area (Å²) in [6.45, 7) is 4.35. The zero-order valence-electron chi connectivity index (χ0n) is 11.7. The van der Waals surface area contributed by atoms with E-state index in [1.54, 1.807) is 0 Å². The molecule has 3 rings (SSSR count). The molecule has 20 heavy (non-hydrogen) atoms. The molecule has 0 bridgehead atoms. The van der Waals surface area contributed by atoms with E-state index >= 15 is 0 Å². The lowest BCUT2D eigenvalue weighted by molar-refractivity contribution is 0.591. The number of nitrogen functional groups attached to an aromatic ring is 1. The summed E-state index contributed by atoms with van der Waals surface area (Å²) in [5.74, 6) is 1.06. The number of pyridine rings is 1. The molecule has 0 saturated carbocycles. The lowest BCUT2D eigenvalue weighted by Gasteiger charge is -2.13. The Kier molecular flexibility index (Phi) is 3.14. The van der Waals surface area contributed by atoms with Crippen molar-refractivity contribution in [1.82, 2.24) is 14.5 Å². The van der Waals surface area contributed by atoms with Gasteiger partial charge in [0.25, 0.3) is 0 Å². The molecule has 3 aromatic rings. The van der Waals surface area contributed by atoms with Gasteiger partial charge in [-0.05, 0) is 37.6 Å². The summed E-state index contributed by atoms with van der Waals surface area (Å²) < 4.78 is 2.27. The molecule has 2 aromatic heterocycles. The molecular formula is C16H18N4. The normalized spacial score (nSPS) is 11.3. The molecule has 0 aliphatic heterocycles. The van der Waals surface area contributed by atoms with E-state index < -0.39 is 0 Å². The molecular weight excluding hydrogens is 248 g/mol. The molecule has 0 radical (unpaired) electrons. The fourth-order valence-electron chi connectivity index (χ4n) is 2.52. The highest BCUT2D eigenvalue weighted by atomic mass is 15.1. The van der Waals surface area contributed by atoms with Crippen LogP contribution in [-0.4, -0.2) is 14.5 Å². The minimum atomic E-state index is 0.367. The highest BCUT2D eigenvalue weighted by Crippen LogP contribution is 2.22. The first kappa shape index (κ1) is 12.7. The monoisotopic (exact) mass is 266 g/mol. The first-order valence-electron chi connectivity index (χ1n) is 6.80. The second-order valence-electron chi connectivity index (χ2n) is 5.27. The lowest BCUT2D eigenvalue weighted by Crippen LogP contribution is -2.07. The minimum absolute atomic E-state index is 0.367. The fraction of sp³-hybridized carbons (Fsp3) is 0.250.